The second-order valence-corrected chi connectivity index (χ2v) is 29.1. The second kappa shape index (κ2) is 28.0. The summed E-state index contributed by atoms with van der Waals surface area (Å²) < 4.78 is 89.9. The molecule has 15 atom stereocenters. The molecule has 0 aromatic rings. The SMILES string of the molecule is CC(=O)O[C@H]1[C@@H](OC(C)=O)[C@@H](C)O[C@H](O[C@H]2[C@@H](OC(=O)C(C)(C)C)[C@@H](COC(=O)C(C)(C)C)O[C@@H](O[C@H]3[C@H](OC(=O)C(C)(C)C)[C@@H](OC(=O)C(C)(C)C)[C@@H](OC(=N)C(Cl)(Cl)Cl)O[C@@H]3COC(=O)C(C)(C)C)[C@@H]2OC(=O)C(C)(C)C)[C@@H]1OC(C)=O. The van der Waals surface area contributed by atoms with E-state index in [1.54, 1.807) is 41.5 Å². The first-order chi connectivity index (χ1) is 37.9. The van der Waals surface area contributed by atoms with E-state index in [1.165, 1.54) is 90.0 Å². The van der Waals surface area contributed by atoms with Gasteiger partial charge in [0.15, 0.2) is 49.2 Å². The largest absolute Gasteiger partial charge is 0.462 e. The van der Waals surface area contributed by atoms with Crippen LogP contribution in [0.5, 0.6) is 0 Å². The van der Waals surface area contributed by atoms with E-state index in [2.05, 4.69) is 0 Å². The maximum Gasteiger partial charge on any atom is 0.311 e. The van der Waals surface area contributed by atoms with Gasteiger partial charge in [0.2, 0.25) is 18.3 Å². The molecule has 0 aromatic heterocycles. The number of ether oxygens (including phenoxy) is 15. The zero-order valence-electron chi connectivity index (χ0n) is 52.0. The van der Waals surface area contributed by atoms with Gasteiger partial charge in [-0.2, -0.15) is 0 Å². The van der Waals surface area contributed by atoms with Crippen LogP contribution in [0.15, 0.2) is 0 Å². The summed E-state index contributed by atoms with van der Waals surface area (Å²) >= 11 is 18.3. The molecule has 28 heteroatoms. The summed E-state index contributed by atoms with van der Waals surface area (Å²) in [5.41, 5.74) is -7.73. The number of carbonyl (C=O) groups excluding carboxylic acids is 9. The molecule has 3 heterocycles. The van der Waals surface area contributed by atoms with Gasteiger partial charge in [-0.25, -0.2) is 0 Å². The van der Waals surface area contributed by atoms with Gasteiger partial charge in [-0.1, -0.05) is 34.8 Å². The molecule has 0 amide bonds. The van der Waals surface area contributed by atoms with Gasteiger partial charge in [-0.3, -0.25) is 48.6 Å². The lowest BCUT2D eigenvalue weighted by Crippen LogP contribution is -2.69. The topological polar surface area (TPSA) is 316 Å². The lowest BCUT2D eigenvalue weighted by molar-refractivity contribution is -0.379. The summed E-state index contributed by atoms with van der Waals surface area (Å²) in [6.07, 6.45) is -27.9. The van der Waals surface area contributed by atoms with Crippen molar-refractivity contribution >= 4 is 94.4 Å². The van der Waals surface area contributed by atoms with Crippen LogP contribution in [0.3, 0.4) is 0 Å². The minimum atomic E-state index is -2.58. The highest BCUT2D eigenvalue weighted by Gasteiger charge is 2.61. The van der Waals surface area contributed by atoms with E-state index in [0.29, 0.717) is 0 Å². The number of hydrogen-bond donors (Lipinski definition) is 1. The van der Waals surface area contributed by atoms with Crippen molar-refractivity contribution in [3.8, 4) is 0 Å². The van der Waals surface area contributed by atoms with Crippen molar-refractivity contribution in [1.82, 2.24) is 0 Å². The van der Waals surface area contributed by atoms with Crippen LogP contribution in [0, 0.1) is 37.9 Å². The van der Waals surface area contributed by atoms with Gasteiger partial charge in [0.25, 0.3) is 3.79 Å². The number of alkyl halides is 3. The second-order valence-electron chi connectivity index (χ2n) is 26.8. The fourth-order valence-electron chi connectivity index (χ4n) is 7.60. The third-order valence-corrected chi connectivity index (χ3v) is 12.8. The minimum absolute atomic E-state index is 0.797. The summed E-state index contributed by atoms with van der Waals surface area (Å²) in [4.78, 5) is 123. The maximum absolute atomic E-state index is 14.6. The summed E-state index contributed by atoms with van der Waals surface area (Å²) in [5, 5.41) is 8.61. The van der Waals surface area contributed by atoms with Crippen LogP contribution >= 0.6 is 34.8 Å². The summed E-state index contributed by atoms with van der Waals surface area (Å²) in [5.74, 6) is -9.32. The monoisotopic (exact) mass is 1260 g/mol. The van der Waals surface area contributed by atoms with Crippen LogP contribution in [0.2, 0.25) is 0 Å². The summed E-state index contributed by atoms with van der Waals surface area (Å²) in [6, 6.07) is 0. The molecule has 480 valence electrons. The zero-order valence-corrected chi connectivity index (χ0v) is 54.3. The zero-order chi connectivity index (χ0) is 65.0. The molecule has 0 unspecified atom stereocenters. The standard InChI is InChI=1S/C56H86Cl3NO24/c1-25-31(73-26(2)61)34(74-27(3)62)37(75-28(4)63)40(72-25)79-35-33(80-46(66)52(11,12)13)30(24-71-45(65)51(8,9)10)76-41(38(35)82-48(68)54(17,18)19)78-32-29(23-70-44(64)50(5,6)7)77-42(84-43(60)56(57,58)59)39(83-49(69)55(20,21)22)36(32)81-47(67)53(14,15)16/h25,29-42,60H,23-24H2,1-22H3/t25-,29-,30-,31+,32-,33+,34+,35+,36+,37-,38-,39-,40-,41+,42-/m1/s1. The Morgan fingerprint density at radius 2 is 0.643 bits per heavy atom. The Bertz CT molecular complexity index is 2400. The van der Waals surface area contributed by atoms with Gasteiger partial charge < -0.3 is 71.1 Å². The van der Waals surface area contributed by atoms with Crippen molar-refractivity contribution in [2.75, 3.05) is 13.2 Å². The Morgan fingerprint density at radius 3 is 1.02 bits per heavy atom. The average Bonchev–Trinajstić information content (AvgIpc) is 1.79. The van der Waals surface area contributed by atoms with Crippen LogP contribution in [0.25, 0.3) is 0 Å². The molecule has 3 aliphatic heterocycles. The van der Waals surface area contributed by atoms with Crippen molar-refractivity contribution in [3.05, 3.63) is 0 Å². The Balaban J connectivity index is 2.66. The molecule has 0 bridgehead atoms. The summed E-state index contributed by atoms with van der Waals surface area (Å²) in [7, 11) is 0. The molecule has 0 radical (unpaired) electrons. The molecular weight excluding hydrogens is 1180 g/mol. The first kappa shape index (κ1) is 73.6. The molecule has 84 heavy (non-hydrogen) atoms. The maximum atomic E-state index is 14.6. The van der Waals surface area contributed by atoms with Crippen molar-refractivity contribution < 1.29 is 114 Å². The molecule has 0 saturated carbocycles. The van der Waals surface area contributed by atoms with E-state index in [9.17, 15) is 43.2 Å². The van der Waals surface area contributed by atoms with Gasteiger partial charge >= 0.3 is 53.7 Å². The highest BCUT2D eigenvalue weighted by atomic mass is 35.6. The third kappa shape index (κ3) is 20.8. The highest BCUT2D eigenvalue weighted by Crippen LogP contribution is 2.41. The van der Waals surface area contributed by atoms with Gasteiger partial charge in [0.05, 0.1) is 38.6 Å². The average molecular weight is 1260 g/mol. The van der Waals surface area contributed by atoms with Crippen LogP contribution in [-0.2, 0) is 114 Å². The Morgan fingerprint density at radius 1 is 0.357 bits per heavy atom. The highest BCUT2D eigenvalue weighted by molar-refractivity contribution is 6.76. The smallest absolute Gasteiger partial charge is 0.311 e. The predicted molar refractivity (Wildman–Crippen MR) is 295 cm³/mol. The molecule has 3 fully saturated rings. The number of hydrogen-bond acceptors (Lipinski definition) is 25. The lowest BCUT2D eigenvalue weighted by atomic mass is 9.92. The fourth-order valence-corrected chi connectivity index (χ4v) is 7.73. The Labute approximate surface area is 506 Å². The molecule has 1 N–H and O–H groups in total. The molecule has 0 spiro atoms. The van der Waals surface area contributed by atoms with E-state index in [0.717, 1.165) is 20.8 Å². The normalized spacial score (nSPS) is 28.9. The molecule has 25 nitrogen and oxygen atoms in total. The number of esters is 9. The van der Waals surface area contributed by atoms with Crippen molar-refractivity contribution in [3.63, 3.8) is 0 Å². The van der Waals surface area contributed by atoms with E-state index in [-0.39, 0.29) is 0 Å². The van der Waals surface area contributed by atoms with E-state index in [4.69, 9.17) is 111 Å². The summed E-state index contributed by atoms with van der Waals surface area (Å²) in [6.45, 7) is 30.1. The van der Waals surface area contributed by atoms with Gasteiger partial charge in [0, 0.05) is 20.8 Å². The number of nitrogens with one attached hydrogen (secondary N) is 1. The molecule has 0 aliphatic carbocycles. The number of rotatable bonds is 16. The first-order valence-corrected chi connectivity index (χ1v) is 28.3. The molecule has 3 aliphatic rings. The lowest BCUT2D eigenvalue weighted by Gasteiger charge is -2.51. The number of carbonyl (C=O) groups is 9. The van der Waals surface area contributed by atoms with Crippen molar-refractivity contribution in [2.24, 2.45) is 32.5 Å². The Hall–Kier alpha value is -4.63. The van der Waals surface area contributed by atoms with E-state index >= 15 is 0 Å². The molecular formula is C56H86Cl3NO24. The number of halogens is 3. The van der Waals surface area contributed by atoms with Gasteiger partial charge in [-0.15, -0.1) is 0 Å². The van der Waals surface area contributed by atoms with Crippen molar-refractivity contribution in [2.45, 2.75) is 248 Å². The molecule has 3 rings (SSSR count). The predicted octanol–water partition coefficient (Wildman–Crippen LogP) is 7.12. The Kier molecular flexibility index (Phi) is 24.6. The van der Waals surface area contributed by atoms with Crippen LogP contribution in [0.1, 0.15) is 152 Å². The third-order valence-electron chi connectivity index (χ3n) is 12.3. The minimum Gasteiger partial charge on any atom is -0.462 e. The van der Waals surface area contributed by atoms with Gasteiger partial charge in [0.1, 0.15) is 37.6 Å². The first-order valence-electron chi connectivity index (χ1n) is 27.2. The van der Waals surface area contributed by atoms with Crippen LogP contribution in [0.4, 0.5) is 0 Å². The van der Waals surface area contributed by atoms with Crippen LogP contribution in [-0.4, -0.2) is 169 Å². The van der Waals surface area contributed by atoms with E-state index in [1.807, 2.05) is 0 Å². The molecule has 0 aromatic carbocycles. The van der Waals surface area contributed by atoms with Crippen molar-refractivity contribution in [1.29, 1.82) is 5.41 Å². The molecule has 3 saturated heterocycles. The van der Waals surface area contributed by atoms with E-state index < -0.39 is 201 Å². The van der Waals surface area contributed by atoms with Gasteiger partial charge in [-0.05, 0) is 132 Å². The van der Waals surface area contributed by atoms with Crippen LogP contribution < -0.4 is 0 Å². The quantitative estimate of drug-likeness (QED) is 0.0528. The fraction of sp³-hybridized carbons (Fsp3) is 0.821.